The molecule has 0 spiro atoms. The first kappa shape index (κ1) is 13.3. The van der Waals surface area contributed by atoms with Gasteiger partial charge in [-0.05, 0) is 0 Å². The van der Waals surface area contributed by atoms with Crippen LogP contribution in [0.15, 0.2) is 29.2 Å². The van der Waals surface area contributed by atoms with Crippen LogP contribution in [-0.2, 0) is 15.7 Å². The summed E-state index contributed by atoms with van der Waals surface area (Å²) in [4.78, 5) is 22.5. The molecule has 88 valence electrons. The summed E-state index contributed by atoms with van der Waals surface area (Å²) in [6, 6.07) is 7.06. The Morgan fingerprint density at radius 3 is 2.19 bits per heavy atom. The van der Waals surface area contributed by atoms with Gasteiger partial charge < -0.3 is 0 Å². The molecule has 0 heterocycles. The third-order valence-corrected chi connectivity index (χ3v) is 5.35. The van der Waals surface area contributed by atoms with Crippen molar-refractivity contribution >= 4 is 45.2 Å². The minimum atomic E-state index is -2.67. The quantitative estimate of drug-likeness (QED) is 0.670. The molecular formula is C10H11IO4S. The summed E-state index contributed by atoms with van der Waals surface area (Å²) < 4.78 is 10.8. The van der Waals surface area contributed by atoms with E-state index in [1.807, 2.05) is 0 Å². The Morgan fingerprint density at radius 2 is 1.75 bits per heavy atom. The molecule has 0 amide bonds. The standard InChI is InChI=1S/C10H11IO4S/c1-7(12)14-11(15-8(2)13)9-4-3-5-10(16)6-9/h3-6,16H,1-2H3. The van der Waals surface area contributed by atoms with Crippen LogP contribution in [0.4, 0.5) is 0 Å². The second kappa shape index (κ2) is 6.09. The Bertz CT molecular complexity index is 392. The predicted molar refractivity (Wildman–Crippen MR) is 69.9 cm³/mol. The van der Waals surface area contributed by atoms with E-state index in [1.54, 1.807) is 24.3 Å². The minimum absolute atomic E-state index is 0.448. The molecule has 0 N–H and O–H groups in total. The third-order valence-electron chi connectivity index (χ3n) is 1.34. The summed E-state index contributed by atoms with van der Waals surface area (Å²) in [5.41, 5.74) is 0. The average Bonchev–Trinajstić information content (AvgIpc) is 2.15. The Balaban J connectivity index is 2.90. The van der Waals surface area contributed by atoms with Gasteiger partial charge in [0.15, 0.2) is 0 Å². The van der Waals surface area contributed by atoms with Crippen LogP contribution < -0.4 is 0 Å². The van der Waals surface area contributed by atoms with E-state index in [4.69, 9.17) is 6.13 Å². The van der Waals surface area contributed by atoms with Crippen molar-refractivity contribution in [3.05, 3.63) is 27.8 Å². The summed E-state index contributed by atoms with van der Waals surface area (Å²) >= 11 is 1.50. The molecule has 0 fully saturated rings. The Labute approximate surface area is 107 Å². The number of benzene rings is 1. The Hall–Kier alpha value is -0.760. The summed E-state index contributed by atoms with van der Waals surface area (Å²) in [5.74, 6) is -0.896. The summed E-state index contributed by atoms with van der Waals surface area (Å²) in [5, 5.41) is 0. The van der Waals surface area contributed by atoms with Crippen LogP contribution in [0.25, 0.3) is 0 Å². The van der Waals surface area contributed by atoms with Crippen LogP contribution in [-0.4, -0.2) is 11.9 Å². The number of hydrogen-bond donors (Lipinski definition) is 1. The fourth-order valence-corrected chi connectivity index (χ4v) is 4.16. The third kappa shape index (κ3) is 4.40. The van der Waals surface area contributed by atoms with E-state index in [2.05, 4.69) is 12.6 Å². The Morgan fingerprint density at radius 1 is 1.19 bits per heavy atom. The van der Waals surface area contributed by atoms with Gasteiger partial charge in [0.1, 0.15) is 0 Å². The molecule has 0 radical (unpaired) electrons. The van der Waals surface area contributed by atoms with Crippen molar-refractivity contribution in [3.63, 3.8) is 0 Å². The number of hydrogen-bond acceptors (Lipinski definition) is 5. The van der Waals surface area contributed by atoms with Gasteiger partial charge in [0.05, 0.1) is 0 Å². The van der Waals surface area contributed by atoms with Gasteiger partial charge in [0.25, 0.3) is 0 Å². The van der Waals surface area contributed by atoms with Gasteiger partial charge in [-0.15, -0.1) is 0 Å². The summed E-state index contributed by atoms with van der Waals surface area (Å²) in [7, 11) is 0. The van der Waals surface area contributed by atoms with E-state index in [1.165, 1.54) is 13.8 Å². The molecule has 6 heteroatoms. The molecule has 0 aliphatic heterocycles. The van der Waals surface area contributed by atoms with E-state index in [0.29, 0.717) is 0 Å². The van der Waals surface area contributed by atoms with Crippen LogP contribution in [0, 0.1) is 3.57 Å². The van der Waals surface area contributed by atoms with Gasteiger partial charge in [0, 0.05) is 0 Å². The molecule has 0 aromatic heterocycles. The molecule has 1 rings (SSSR count). The van der Waals surface area contributed by atoms with Crippen LogP contribution in [0.1, 0.15) is 13.8 Å². The Kier molecular flexibility index (Phi) is 5.07. The molecule has 4 nitrogen and oxygen atoms in total. The van der Waals surface area contributed by atoms with Crippen LogP contribution in [0.2, 0.25) is 0 Å². The molecule has 0 aliphatic carbocycles. The fraction of sp³-hybridized carbons (Fsp3) is 0.200. The first-order valence-corrected chi connectivity index (χ1v) is 7.65. The van der Waals surface area contributed by atoms with Crippen molar-refractivity contribution in [2.24, 2.45) is 0 Å². The second-order valence-corrected chi connectivity index (χ2v) is 6.72. The van der Waals surface area contributed by atoms with Crippen molar-refractivity contribution in [2.75, 3.05) is 0 Å². The van der Waals surface area contributed by atoms with E-state index in [9.17, 15) is 9.59 Å². The van der Waals surface area contributed by atoms with Gasteiger partial charge in [-0.1, -0.05) is 0 Å². The number of halogens is 1. The average molecular weight is 354 g/mol. The number of rotatable bonds is 3. The van der Waals surface area contributed by atoms with E-state index < -0.39 is 32.6 Å². The molecule has 0 saturated carbocycles. The molecule has 0 aliphatic rings. The summed E-state index contributed by atoms with van der Waals surface area (Å²) in [6.45, 7) is 2.58. The number of carbonyl (C=O) groups excluding carboxylic acids is 2. The topological polar surface area (TPSA) is 52.6 Å². The monoisotopic (exact) mass is 354 g/mol. The van der Waals surface area contributed by atoms with Crippen LogP contribution in [0.5, 0.6) is 0 Å². The van der Waals surface area contributed by atoms with Crippen molar-refractivity contribution < 1.29 is 15.7 Å². The predicted octanol–water partition coefficient (Wildman–Crippen LogP) is 2.61. The molecule has 1 aromatic carbocycles. The number of thiol groups is 1. The maximum absolute atomic E-state index is 10.9. The second-order valence-electron chi connectivity index (χ2n) is 2.83. The normalized spacial score (nSPS) is 10.6. The van der Waals surface area contributed by atoms with E-state index >= 15 is 0 Å². The zero-order chi connectivity index (χ0) is 12.1. The zero-order valence-corrected chi connectivity index (χ0v) is 11.8. The molecular weight excluding hydrogens is 343 g/mol. The first-order valence-electron chi connectivity index (χ1n) is 4.36. The van der Waals surface area contributed by atoms with Crippen LogP contribution >= 0.6 is 33.3 Å². The summed E-state index contributed by atoms with van der Waals surface area (Å²) in [6.07, 6.45) is 0. The van der Waals surface area contributed by atoms with Crippen molar-refractivity contribution in [3.8, 4) is 0 Å². The van der Waals surface area contributed by atoms with E-state index in [0.717, 1.165) is 8.47 Å². The van der Waals surface area contributed by atoms with Crippen molar-refractivity contribution in [1.82, 2.24) is 0 Å². The van der Waals surface area contributed by atoms with Gasteiger partial charge >= 0.3 is 108 Å². The molecule has 16 heavy (non-hydrogen) atoms. The van der Waals surface area contributed by atoms with Gasteiger partial charge in [-0.25, -0.2) is 0 Å². The SMILES string of the molecule is CC(=O)OI(OC(C)=O)c1cccc(S)c1. The maximum atomic E-state index is 10.9. The molecule has 1 aromatic rings. The van der Waals surface area contributed by atoms with E-state index in [-0.39, 0.29) is 0 Å². The van der Waals surface area contributed by atoms with Gasteiger partial charge in [-0.2, -0.15) is 0 Å². The first-order chi connectivity index (χ1) is 7.49. The fourth-order valence-electron chi connectivity index (χ4n) is 0.874. The molecule has 0 unspecified atom stereocenters. The van der Waals surface area contributed by atoms with Crippen LogP contribution in [0.3, 0.4) is 0 Å². The number of carbonyl (C=O) groups is 2. The molecule has 0 atom stereocenters. The molecule has 0 saturated heterocycles. The molecule has 0 bridgehead atoms. The van der Waals surface area contributed by atoms with Gasteiger partial charge in [-0.3, -0.25) is 0 Å². The zero-order valence-electron chi connectivity index (χ0n) is 8.77. The van der Waals surface area contributed by atoms with Crippen molar-refractivity contribution in [1.29, 1.82) is 0 Å². The van der Waals surface area contributed by atoms with Gasteiger partial charge in [0.2, 0.25) is 0 Å². The van der Waals surface area contributed by atoms with Crippen molar-refractivity contribution in [2.45, 2.75) is 18.7 Å².